The molecule has 2 N–H and O–H groups in total. The molecule has 0 saturated carbocycles. The Morgan fingerprint density at radius 1 is 1.35 bits per heavy atom. The molecule has 0 radical (unpaired) electrons. The zero-order chi connectivity index (χ0) is 16.7. The number of carbonyl (C=O) groups is 2. The first-order valence-corrected chi connectivity index (χ1v) is 7.43. The van der Waals surface area contributed by atoms with Crippen LogP contribution in [0.4, 0.5) is 19.3 Å². The van der Waals surface area contributed by atoms with Gasteiger partial charge in [-0.05, 0) is 25.0 Å². The molecular weight excluding hydrogens is 308 g/mol. The van der Waals surface area contributed by atoms with Crippen molar-refractivity contribution >= 4 is 17.6 Å². The Kier molecular flexibility index (Phi) is 6.13. The SMILES string of the molecule is O=C(NCCCN1CCCC1=O)Nc1ccccc1OC(F)F. The van der Waals surface area contributed by atoms with Crippen molar-refractivity contribution in [3.63, 3.8) is 0 Å². The van der Waals surface area contributed by atoms with Gasteiger partial charge in [-0.3, -0.25) is 4.79 Å². The normalized spacial score (nSPS) is 14.2. The highest BCUT2D eigenvalue weighted by molar-refractivity contribution is 5.90. The summed E-state index contributed by atoms with van der Waals surface area (Å²) in [6.45, 7) is -1.21. The number of likely N-dealkylation sites (tertiary alicyclic amines) is 1. The molecule has 1 aliphatic rings. The Bertz CT molecular complexity index is 555. The van der Waals surface area contributed by atoms with E-state index >= 15 is 0 Å². The Morgan fingerprint density at radius 2 is 2.13 bits per heavy atom. The molecule has 8 heteroatoms. The van der Waals surface area contributed by atoms with Crippen LogP contribution >= 0.6 is 0 Å². The van der Waals surface area contributed by atoms with E-state index in [0.717, 1.165) is 13.0 Å². The topological polar surface area (TPSA) is 70.7 Å². The molecular formula is C15H19F2N3O3. The second-order valence-electron chi connectivity index (χ2n) is 5.09. The van der Waals surface area contributed by atoms with E-state index in [1.807, 2.05) is 0 Å². The molecule has 3 amide bonds. The number of anilines is 1. The summed E-state index contributed by atoms with van der Waals surface area (Å²) in [5.41, 5.74) is 0.167. The number of nitrogens with zero attached hydrogens (tertiary/aromatic N) is 1. The van der Waals surface area contributed by atoms with E-state index in [-0.39, 0.29) is 17.3 Å². The minimum absolute atomic E-state index is 0.0969. The van der Waals surface area contributed by atoms with Crippen molar-refractivity contribution in [1.29, 1.82) is 0 Å². The number of rotatable bonds is 7. The Labute approximate surface area is 132 Å². The van der Waals surface area contributed by atoms with Crippen molar-refractivity contribution in [3.8, 4) is 5.75 Å². The van der Waals surface area contributed by atoms with Gasteiger partial charge in [-0.2, -0.15) is 8.78 Å². The summed E-state index contributed by atoms with van der Waals surface area (Å²) in [7, 11) is 0. The molecule has 126 valence electrons. The van der Waals surface area contributed by atoms with Gasteiger partial charge < -0.3 is 20.3 Å². The van der Waals surface area contributed by atoms with E-state index in [4.69, 9.17) is 0 Å². The highest BCUT2D eigenvalue weighted by Gasteiger charge is 2.19. The maximum atomic E-state index is 12.3. The van der Waals surface area contributed by atoms with Crippen LogP contribution in [-0.2, 0) is 4.79 Å². The number of hydrogen-bond acceptors (Lipinski definition) is 3. The predicted octanol–water partition coefficient (Wildman–Crippen LogP) is 2.42. The molecule has 1 aliphatic heterocycles. The maximum absolute atomic E-state index is 12.3. The zero-order valence-electron chi connectivity index (χ0n) is 12.6. The van der Waals surface area contributed by atoms with Gasteiger partial charge in [0.05, 0.1) is 5.69 Å². The monoisotopic (exact) mass is 327 g/mol. The van der Waals surface area contributed by atoms with E-state index in [2.05, 4.69) is 15.4 Å². The molecule has 6 nitrogen and oxygen atoms in total. The summed E-state index contributed by atoms with van der Waals surface area (Å²) in [4.78, 5) is 25.0. The lowest BCUT2D eigenvalue weighted by Crippen LogP contribution is -2.33. The molecule has 23 heavy (non-hydrogen) atoms. The number of halogens is 2. The molecule has 1 saturated heterocycles. The Morgan fingerprint density at radius 3 is 2.83 bits per heavy atom. The number of carbonyl (C=O) groups excluding carboxylic acids is 2. The fourth-order valence-corrected chi connectivity index (χ4v) is 2.35. The summed E-state index contributed by atoms with van der Waals surface area (Å²) in [6, 6.07) is 5.45. The van der Waals surface area contributed by atoms with E-state index in [1.165, 1.54) is 18.2 Å². The molecule has 1 aromatic carbocycles. The quantitative estimate of drug-likeness (QED) is 0.756. The first-order chi connectivity index (χ1) is 11.1. The van der Waals surface area contributed by atoms with Crippen LogP contribution in [0.5, 0.6) is 5.75 Å². The molecule has 1 aromatic rings. The van der Waals surface area contributed by atoms with Crippen LogP contribution in [0.25, 0.3) is 0 Å². The molecule has 0 aromatic heterocycles. The van der Waals surface area contributed by atoms with Crippen LogP contribution < -0.4 is 15.4 Å². The molecule has 0 unspecified atom stereocenters. The third-order valence-electron chi connectivity index (χ3n) is 3.41. The highest BCUT2D eigenvalue weighted by Crippen LogP contribution is 2.25. The molecule has 0 aliphatic carbocycles. The van der Waals surface area contributed by atoms with E-state index in [0.29, 0.717) is 25.9 Å². The minimum atomic E-state index is -2.96. The minimum Gasteiger partial charge on any atom is -0.433 e. The summed E-state index contributed by atoms with van der Waals surface area (Å²) in [5.74, 6) is 0.0489. The lowest BCUT2D eigenvalue weighted by Gasteiger charge is -2.16. The third kappa shape index (κ3) is 5.39. The standard InChI is InChI=1S/C15H19F2N3O3/c16-14(17)23-12-6-2-1-5-11(12)19-15(22)18-8-4-10-20-9-3-7-13(20)21/h1-2,5-6,14H,3-4,7-10H2,(H2,18,19,22). The number of urea groups is 1. The van der Waals surface area contributed by atoms with Gasteiger partial charge in [0.25, 0.3) is 0 Å². The van der Waals surface area contributed by atoms with Crippen molar-refractivity contribution in [2.45, 2.75) is 25.9 Å². The zero-order valence-corrected chi connectivity index (χ0v) is 12.6. The van der Waals surface area contributed by atoms with Gasteiger partial charge in [-0.15, -0.1) is 0 Å². The number of hydrogen-bond donors (Lipinski definition) is 2. The third-order valence-corrected chi connectivity index (χ3v) is 3.41. The summed E-state index contributed by atoms with van der Waals surface area (Å²) < 4.78 is 28.9. The van der Waals surface area contributed by atoms with Gasteiger partial charge in [-0.25, -0.2) is 4.79 Å². The lowest BCUT2D eigenvalue weighted by molar-refractivity contribution is -0.127. The average molecular weight is 327 g/mol. The van der Waals surface area contributed by atoms with Crippen molar-refractivity contribution < 1.29 is 23.1 Å². The largest absolute Gasteiger partial charge is 0.433 e. The molecule has 0 spiro atoms. The van der Waals surface area contributed by atoms with E-state index < -0.39 is 12.6 Å². The first-order valence-electron chi connectivity index (χ1n) is 7.43. The predicted molar refractivity (Wildman–Crippen MR) is 80.5 cm³/mol. The Balaban J connectivity index is 1.73. The number of para-hydroxylation sites is 2. The number of nitrogens with one attached hydrogen (secondary N) is 2. The van der Waals surface area contributed by atoms with E-state index in [9.17, 15) is 18.4 Å². The van der Waals surface area contributed by atoms with Crippen molar-refractivity contribution in [1.82, 2.24) is 10.2 Å². The van der Waals surface area contributed by atoms with Gasteiger partial charge in [0.2, 0.25) is 5.91 Å². The van der Waals surface area contributed by atoms with Crippen molar-refractivity contribution in [2.75, 3.05) is 25.0 Å². The highest BCUT2D eigenvalue weighted by atomic mass is 19.3. The molecule has 1 fully saturated rings. The fourth-order valence-electron chi connectivity index (χ4n) is 2.35. The van der Waals surface area contributed by atoms with Crippen molar-refractivity contribution in [3.05, 3.63) is 24.3 Å². The molecule has 2 rings (SSSR count). The van der Waals surface area contributed by atoms with E-state index in [1.54, 1.807) is 11.0 Å². The molecule has 0 bridgehead atoms. The van der Waals surface area contributed by atoms with Crippen LogP contribution in [0.3, 0.4) is 0 Å². The second kappa shape index (κ2) is 8.30. The Hall–Kier alpha value is -2.38. The van der Waals surface area contributed by atoms with Gasteiger partial charge in [-0.1, -0.05) is 12.1 Å². The number of benzene rings is 1. The van der Waals surface area contributed by atoms with Crippen LogP contribution in [0.2, 0.25) is 0 Å². The molecule has 0 atom stereocenters. The molecule has 1 heterocycles. The second-order valence-corrected chi connectivity index (χ2v) is 5.09. The van der Waals surface area contributed by atoms with Gasteiger partial charge in [0.15, 0.2) is 0 Å². The number of ether oxygens (including phenoxy) is 1. The fraction of sp³-hybridized carbons (Fsp3) is 0.467. The summed E-state index contributed by atoms with van der Waals surface area (Å²) in [5, 5.41) is 5.08. The smallest absolute Gasteiger partial charge is 0.387 e. The number of alkyl halides is 2. The number of amides is 3. The van der Waals surface area contributed by atoms with Crippen LogP contribution in [0, 0.1) is 0 Å². The van der Waals surface area contributed by atoms with Crippen LogP contribution in [0.15, 0.2) is 24.3 Å². The van der Waals surface area contributed by atoms with Gasteiger partial charge in [0, 0.05) is 26.1 Å². The average Bonchev–Trinajstić information content (AvgIpc) is 2.90. The van der Waals surface area contributed by atoms with Gasteiger partial charge in [0.1, 0.15) is 5.75 Å². The van der Waals surface area contributed by atoms with Gasteiger partial charge >= 0.3 is 12.6 Å². The van der Waals surface area contributed by atoms with Crippen LogP contribution in [-0.4, -0.2) is 43.1 Å². The maximum Gasteiger partial charge on any atom is 0.387 e. The first kappa shape index (κ1) is 17.0. The van der Waals surface area contributed by atoms with Crippen molar-refractivity contribution in [2.24, 2.45) is 0 Å². The lowest BCUT2D eigenvalue weighted by atomic mass is 10.3. The summed E-state index contributed by atoms with van der Waals surface area (Å²) >= 11 is 0. The van der Waals surface area contributed by atoms with Crippen LogP contribution in [0.1, 0.15) is 19.3 Å². The summed E-state index contributed by atoms with van der Waals surface area (Å²) in [6.07, 6.45) is 2.11.